The molecule has 5 nitrogen and oxygen atoms in total. The molecule has 0 aliphatic heterocycles. The number of hydrogen-bond acceptors (Lipinski definition) is 5. The minimum Gasteiger partial charge on any atom is -0.497 e. The van der Waals surface area contributed by atoms with E-state index in [-0.39, 0.29) is 0 Å². The van der Waals surface area contributed by atoms with E-state index >= 15 is 0 Å². The van der Waals surface area contributed by atoms with Gasteiger partial charge in [0.25, 0.3) is 0 Å². The first kappa shape index (κ1) is 12.8. The van der Waals surface area contributed by atoms with Gasteiger partial charge in [-0.3, -0.25) is 5.43 Å². The molecule has 0 aliphatic carbocycles. The van der Waals surface area contributed by atoms with Crippen molar-refractivity contribution in [3.8, 4) is 11.5 Å². The quantitative estimate of drug-likeness (QED) is 0.487. The summed E-state index contributed by atoms with van der Waals surface area (Å²) in [4.78, 5) is 0. The third kappa shape index (κ3) is 3.69. The molecule has 0 heterocycles. The van der Waals surface area contributed by atoms with Crippen LogP contribution in [0.4, 0.5) is 0 Å². The lowest BCUT2D eigenvalue weighted by molar-refractivity contribution is 0.0192. The maximum absolute atomic E-state index is 9.47. The van der Waals surface area contributed by atoms with Gasteiger partial charge in [-0.25, -0.2) is 5.43 Å². The standard InChI is InChI=1S/C11H18N2O3/c1-8(14)11(13-12-2)16-10-6-4-5-9(7-10)15-3/h4-8,11-14H,1-3H3. The zero-order valence-corrected chi connectivity index (χ0v) is 9.73. The van der Waals surface area contributed by atoms with Gasteiger partial charge in [0, 0.05) is 6.07 Å². The molecule has 2 atom stereocenters. The molecule has 3 N–H and O–H groups in total. The number of hydrazine groups is 1. The van der Waals surface area contributed by atoms with Crippen molar-refractivity contribution in [1.29, 1.82) is 0 Å². The Hall–Kier alpha value is -1.30. The summed E-state index contributed by atoms with van der Waals surface area (Å²) in [6, 6.07) is 7.21. The molecule has 16 heavy (non-hydrogen) atoms. The third-order valence-electron chi connectivity index (χ3n) is 2.03. The van der Waals surface area contributed by atoms with Crippen molar-refractivity contribution in [2.75, 3.05) is 14.2 Å². The van der Waals surface area contributed by atoms with E-state index in [1.54, 1.807) is 33.2 Å². The topological polar surface area (TPSA) is 62.8 Å². The van der Waals surface area contributed by atoms with Gasteiger partial charge < -0.3 is 14.6 Å². The molecule has 0 amide bonds. The predicted octanol–water partition coefficient (Wildman–Crippen LogP) is 0.505. The van der Waals surface area contributed by atoms with E-state index in [1.807, 2.05) is 12.1 Å². The molecule has 0 saturated carbocycles. The second-order valence-corrected chi connectivity index (χ2v) is 3.35. The van der Waals surface area contributed by atoms with E-state index in [2.05, 4.69) is 10.9 Å². The summed E-state index contributed by atoms with van der Waals surface area (Å²) in [5, 5.41) is 9.47. The molecule has 0 spiro atoms. The van der Waals surface area contributed by atoms with Crippen LogP contribution in [0.1, 0.15) is 6.92 Å². The normalized spacial score (nSPS) is 14.2. The Labute approximate surface area is 95.3 Å². The lowest BCUT2D eigenvalue weighted by Gasteiger charge is -2.22. The smallest absolute Gasteiger partial charge is 0.188 e. The highest BCUT2D eigenvalue weighted by Gasteiger charge is 2.15. The van der Waals surface area contributed by atoms with Gasteiger partial charge in [-0.05, 0) is 26.1 Å². The summed E-state index contributed by atoms with van der Waals surface area (Å²) in [6.07, 6.45) is -1.16. The molecule has 90 valence electrons. The van der Waals surface area contributed by atoms with E-state index in [1.165, 1.54) is 0 Å². The van der Waals surface area contributed by atoms with Crippen molar-refractivity contribution in [3.05, 3.63) is 24.3 Å². The van der Waals surface area contributed by atoms with Crippen molar-refractivity contribution in [1.82, 2.24) is 10.9 Å². The van der Waals surface area contributed by atoms with Crippen LogP contribution in [0.2, 0.25) is 0 Å². The van der Waals surface area contributed by atoms with Crippen LogP contribution < -0.4 is 20.3 Å². The highest BCUT2D eigenvalue weighted by Crippen LogP contribution is 2.19. The Morgan fingerprint density at radius 1 is 1.31 bits per heavy atom. The Kier molecular flexibility index (Phi) is 5.04. The van der Waals surface area contributed by atoms with Crippen LogP contribution >= 0.6 is 0 Å². The monoisotopic (exact) mass is 226 g/mol. The van der Waals surface area contributed by atoms with Crippen LogP contribution in [-0.2, 0) is 0 Å². The van der Waals surface area contributed by atoms with Crippen molar-refractivity contribution < 1.29 is 14.6 Å². The number of aliphatic hydroxyl groups is 1. The van der Waals surface area contributed by atoms with Crippen LogP contribution in [0.15, 0.2) is 24.3 Å². The first-order chi connectivity index (χ1) is 7.67. The largest absolute Gasteiger partial charge is 0.497 e. The number of rotatable bonds is 6. The minimum absolute atomic E-state index is 0.517. The molecule has 0 fully saturated rings. The fourth-order valence-electron chi connectivity index (χ4n) is 1.21. The number of aliphatic hydroxyl groups excluding tert-OH is 1. The molecule has 1 aromatic carbocycles. The molecule has 5 heteroatoms. The van der Waals surface area contributed by atoms with Gasteiger partial charge in [-0.1, -0.05) is 6.07 Å². The zero-order valence-electron chi connectivity index (χ0n) is 9.73. The second-order valence-electron chi connectivity index (χ2n) is 3.35. The first-order valence-corrected chi connectivity index (χ1v) is 5.08. The molecular weight excluding hydrogens is 208 g/mol. The zero-order chi connectivity index (χ0) is 12.0. The first-order valence-electron chi connectivity index (χ1n) is 5.08. The van der Waals surface area contributed by atoms with Crippen LogP contribution in [0.5, 0.6) is 11.5 Å². The van der Waals surface area contributed by atoms with E-state index in [9.17, 15) is 5.11 Å². The minimum atomic E-state index is -0.640. The van der Waals surface area contributed by atoms with Crippen LogP contribution in [0.3, 0.4) is 0 Å². The Bertz CT molecular complexity index is 318. The summed E-state index contributed by atoms with van der Waals surface area (Å²) in [5.41, 5.74) is 5.54. The Morgan fingerprint density at radius 3 is 2.56 bits per heavy atom. The fraction of sp³-hybridized carbons (Fsp3) is 0.455. The lowest BCUT2D eigenvalue weighted by Crippen LogP contribution is -2.48. The van der Waals surface area contributed by atoms with Crippen molar-refractivity contribution in [2.24, 2.45) is 0 Å². The lowest BCUT2D eigenvalue weighted by atomic mass is 10.3. The molecule has 0 aromatic heterocycles. The molecule has 2 unspecified atom stereocenters. The fourth-order valence-corrected chi connectivity index (χ4v) is 1.21. The van der Waals surface area contributed by atoms with Gasteiger partial charge in [0.15, 0.2) is 6.23 Å². The van der Waals surface area contributed by atoms with Crippen LogP contribution in [-0.4, -0.2) is 31.6 Å². The summed E-state index contributed by atoms with van der Waals surface area (Å²) in [5.74, 6) is 1.35. The van der Waals surface area contributed by atoms with Gasteiger partial charge >= 0.3 is 0 Å². The van der Waals surface area contributed by atoms with E-state index in [0.717, 1.165) is 0 Å². The molecule has 0 radical (unpaired) electrons. The van der Waals surface area contributed by atoms with Gasteiger partial charge in [0.2, 0.25) is 0 Å². The summed E-state index contributed by atoms with van der Waals surface area (Å²) in [7, 11) is 3.31. The molecular formula is C11H18N2O3. The highest BCUT2D eigenvalue weighted by molar-refractivity contribution is 5.32. The number of nitrogens with one attached hydrogen (secondary N) is 2. The van der Waals surface area contributed by atoms with Crippen LogP contribution in [0.25, 0.3) is 0 Å². The van der Waals surface area contributed by atoms with Gasteiger partial charge in [0.05, 0.1) is 7.11 Å². The average molecular weight is 226 g/mol. The number of hydrogen-bond donors (Lipinski definition) is 3. The Balaban J connectivity index is 2.68. The van der Waals surface area contributed by atoms with E-state index in [4.69, 9.17) is 9.47 Å². The average Bonchev–Trinajstić information content (AvgIpc) is 2.28. The predicted molar refractivity (Wildman–Crippen MR) is 61.3 cm³/mol. The van der Waals surface area contributed by atoms with Crippen LogP contribution in [0, 0.1) is 0 Å². The number of methoxy groups -OCH3 is 1. The number of benzene rings is 1. The molecule has 0 bridgehead atoms. The molecule has 0 saturated heterocycles. The van der Waals surface area contributed by atoms with Crippen molar-refractivity contribution >= 4 is 0 Å². The number of ether oxygens (including phenoxy) is 2. The maximum atomic E-state index is 9.47. The third-order valence-corrected chi connectivity index (χ3v) is 2.03. The summed E-state index contributed by atoms with van der Waals surface area (Å²) in [6.45, 7) is 1.65. The van der Waals surface area contributed by atoms with Crippen molar-refractivity contribution in [2.45, 2.75) is 19.3 Å². The van der Waals surface area contributed by atoms with Crippen molar-refractivity contribution in [3.63, 3.8) is 0 Å². The summed E-state index contributed by atoms with van der Waals surface area (Å²) < 4.78 is 10.6. The Morgan fingerprint density at radius 2 is 2.00 bits per heavy atom. The van der Waals surface area contributed by atoms with Gasteiger partial charge in [-0.2, -0.15) is 0 Å². The van der Waals surface area contributed by atoms with E-state index in [0.29, 0.717) is 11.5 Å². The second kappa shape index (κ2) is 6.32. The van der Waals surface area contributed by atoms with Gasteiger partial charge in [-0.15, -0.1) is 0 Å². The molecule has 0 aliphatic rings. The molecule has 1 aromatic rings. The van der Waals surface area contributed by atoms with Gasteiger partial charge in [0.1, 0.15) is 17.6 Å². The maximum Gasteiger partial charge on any atom is 0.188 e. The molecule has 1 rings (SSSR count). The summed E-state index contributed by atoms with van der Waals surface area (Å²) >= 11 is 0. The van der Waals surface area contributed by atoms with E-state index < -0.39 is 12.3 Å². The highest BCUT2D eigenvalue weighted by atomic mass is 16.5. The SMILES string of the molecule is CNNC(Oc1cccc(OC)c1)C(C)O.